The Bertz CT molecular complexity index is 168. The third kappa shape index (κ3) is 6.84. The highest BCUT2D eigenvalue weighted by Crippen LogP contribution is 1.96. The van der Waals surface area contributed by atoms with Gasteiger partial charge in [-0.25, -0.2) is 0 Å². The van der Waals surface area contributed by atoms with Crippen LogP contribution >= 0.6 is 0 Å². The molecule has 0 N–H and O–H groups in total. The monoisotopic (exact) mass is 154 g/mol. The quantitative estimate of drug-likeness (QED) is 0.457. The number of methoxy groups -OCH3 is 1. The zero-order chi connectivity index (χ0) is 8.69. The molecule has 11 heavy (non-hydrogen) atoms. The Balaban J connectivity index is 3.41. The van der Waals surface area contributed by atoms with Crippen molar-refractivity contribution in [3.63, 3.8) is 0 Å². The van der Waals surface area contributed by atoms with Crippen molar-refractivity contribution in [2.75, 3.05) is 7.11 Å². The summed E-state index contributed by atoms with van der Waals surface area (Å²) in [5, 5.41) is 0. The van der Waals surface area contributed by atoms with Crippen molar-refractivity contribution in [1.82, 2.24) is 0 Å². The van der Waals surface area contributed by atoms with Gasteiger partial charge in [-0.1, -0.05) is 24.3 Å². The lowest BCUT2D eigenvalue weighted by molar-refractivity contribution is -0.140. The highest BCUT2D eigenvalue weighted by atomic mass is 16.5. The highest BCUT2D eigenvalue weighted by Gasteiger charge is 1.94. The Morgan fingerprint density at radius 3 is 2.73 bits per heavy atom. The Morgan fingerprint density at radius 1 is 1.64 bits per heavy atom. The first-order valence-electron chi connectivity index (χ1n) is 3.55. The zero-order valence-electron chi connectivity index (χ0n) is 7.09. The molecule has 0 spiro atoms. The van der Waals surface area contributed by atoms with Gasteiger partial charge >= 0.3 is 5.97 Å². The molecule has 0 aromatic rings. The van der Waals surface area contributed by atoms with Crippen molar-refractivity contribution in [3.05, 3.63) is 24.3 Å². The van der Waals surface area contributed by atoms with Crippen LogP contribution in [0.5, 0.6) is 0 Å². The van der Waals surface area contributed by atoms with E-state index in [9.17, 15) is 4.79 Å². The van der Waals surface area contributed by atoms with Crippen molar-refractivity contribution in [1.29, 1.82) is 0 Å². The molecule has 0 aromatic heterocycles. The van der Waals surface area contributed by atoms with E-state index >= 15 is 0 Å². The average Bonchev–Trinajstić information content (AvgIpc) is 1.97. The maximum atomic E-state index is 10.6. The fourth-order valence-electron chi connectivity index (χ4n) is 0.588. The van der Waals surface area contributed by atoms with Crippen LogP contribution in [0.4, 0.5) is 0 Å². The molecule has 0 rings (SSSR count). The topological polar surface area (TPSA) is 26.3 Å². The molecule has 0 amide bonds. The van der Waals surface area contributed by atoms with Gasteiger partial charge in [-0.3, -0.25) is 4.79 Å². The summed E-state index contributed by atoms with van der Waals surface area (Å²) in [7, 11) is 1.39. The summed E-state index contributed by atoms with van der Waals surface area (Å²) in [5.74, 6) is -0.170. The average molecular weight is 154 g/mol. The van der Waals surface area contributed by atoms with Gasteiger partial charge in [0.2, 0.25) is 0 Å². The van der Waals surface area contributed by atoms with E-state index in [1.807, 2.05) is 19.1 Å². The van der Waals surface area contributed by atoms with Crippen LogP contribution in [0.1, 0.15) is 19.8 Å². The molecular weight excluding hydrogens is 140 g/mol. The summed E-state index contributed by atoms with van der Waals surface area (Å²) in [6, 6.07) is 0. The maximum absolute atomic E-state index is 10.6. The van der Waals surface area contributed by atoms with E-state index in [0.717, 1.165) is 12.0 Å². The predicted octanol–water partition coefficient (Wildman–Crippen LogP) is 2.07. The molecule has 0 bridgehead atoms. The van der Waals surface area contributed by atoms with Crippen LogP contribution in [0.25, 0.3) is 0 Å². The summed E-state index contributed by atoms with van der Waals surface area (Å²) < 4.78 is 4.46. The van der Waals surface area contributed by atoms with E-state index < -0.39 is 0 Å². The first-order chi connectivity index (χ1) is 5.16. The summed E-state index contributed by atoms with van der Waals surface area (Å²) in [6.07, 6.45) is 4.97. The lowest BCUT2D eigenvalue weighted by Gasteiger charge is -1.93. The third-order valence-electron chi connectivity index (χ3n) is 1.15. The van der Waals surface area contributed by atoms with Gasteiger partial charge in [0.15, 0.2) is 0 Å². The van der Waals surface area contributed by atoms with Crippen LogP contribution in [-0.4, -0.2) is 13.1 Å². The fourth-order valence-corrected chi connectivity index (χ4v) is 0.588. The number of carbonyl (C=O) groups excluding carboxylic acids is 1. The van der Waals surface area contributed by atoms with Crippen molar-refractivity contribution in [3.8, 4) is 0 Å². The zero-order valence-corrected chi connectivity index (χ0v) is 7.09. The van der Waals surface area contributed by atoms with Crippen LogP contribution in [0.3, 0.4) is 0 Å². The molecule has 62 valence electrons. The summed E-state index contributed by atoms with van der Waals surface area (Å²) in [4.78, 5) is 10.6. The van der Waals surface area contributed by atoms with Gasteiger partial charge < -0.3 is 4.74 Å². The van der Waals surface area contributed by atoms with Crippen LogP contribution in [0.15, 0.2) is 24.3 Å². The number of carbonyl (C=O) groups is 1. The normalized spacial score (nSPS) is 10.0. The molecular formula is C9H14O2. The van der Waals surface area contributed by atoms with E-state index in [-0.39, 0.29) is 5.97 Å². The van der Waals surface area contributed by atoms with E-state index in [1.165, 1.54) is 7.11 Å². The van der Waals surface area contributed by atoms with E-state index in [0.29, 0.717) is 6.42 Å². The number of hydrogen-bond donors (Lipinski definition) is 0. The number of rotatable bonds is 4. The summed E-state index contributed by atoms with van der Waals surface area (Å²) in [6.45, 7) is 5.60. The van der Waals surface area contributed by atoms with Crippen molar-refractivity contribution in [2.24, 2.45) is 0 Å². The Labute approximate surface area is 67.6 Å². The first kappa shape index (κ1) is 9.95. The second-order valence-corrected chi connectivity index (χ2v) is 2.36. The Morgan fingerprint density at radius 2 is 2.27 bits per heavy atom. The van der Waals surface area contributed by atoms with Crippen LogP contribution in [0, 0.1) is 0 Å². The number of allylic oxidation sites excluding steroid dienone is 3. The predicted molar refractivity (Wildman–Crippen MR) is 45.2 cm³/mol. The molecule has 0 aromatic carbocycles. The second-order valence-electron chi connectivity index (χ2n) is 2.36. The van der Waals surface area contributed by atoms with Gasteiger partial charge in [-0.2, -0.15) is 0 Å². The van der Waals surface area contributed by atoms with Crippen LogP contribution in [-0.2, 0) is 9.53 Å². The number of hydrogen-bond acceptors (Lipinski definition) is 2. The molecule has 0 saturated carbocycles. The standard InChI is InChI=1S/C9H14O2/c1-8(2)6-4-5-7-9(10)11-3/h4,6H,1,5,7H2,2-3H3/b6-4+. The lowest BCUT2D eigenvalue weighted by atomic mass is 10.2. The molecule has 0 aliphatic carbocycles. The molecule has 0 unspecified atom stereocenters. The van der Waals surface area contributed by atoms with Crippen molar-refractivity contribution in [2.45, 2.75) is 19.8 Å². The molecule has 0 atom stereocenters. The molecule has 0 aliphatic rings. The number of ether oxygens (including phenoxy) is 1. The van der Waals surface area contributed by atoms with Gasteiger partial charge in [0.25, 0.3) is 0 Å². The molecule has 2 heteroatoms. The highest BCUT2D eigenvalue weighted by molar-refractivity contribution is 5.69. The minimum atomic E-state index is -0.170. The van der Waals surface area contributed by atoms with Gasteiger partial charge in [0.1, 0.15) is 0 Å². The van der Waals surface area contributed by atoms with Gasteiger partial charge in [-0.05, 0) is 13.3 Å². The fraction of sp³-hybridized carbons (Fsp3) is 0.444. The van der Waals surface area contributed by atoms with Crippen LogP contribution < -0.4 is 0 Å². The van der Waals surface area contributed by atoms with Crippen LogP contribution in [0.2, 0.25) is 0 Å². The number of esters is 1. The summed E-state index contributed by atoms with van der Waals surface area (Å²) >= 11 is 0. The van der Waals surface area contributed by atoms with E-state index in [2.05, 4.69) is 11.3 Å². The van der Waals surface area contributed by atoms with Crippen molar-refractivity contribution >= 4 is 5.97 Å². The van der Waals surface area contributed by atoms with Crippen molar-refractivity contribution < 1.29 is 9.53 Å². The van der Waals surface area contributed by atoms with E-state index in [4.69, 9.17) is 0 Å². The maximum Gasteiger partial charge on any atom is 0.305 e. The third-order valence-corrected chi connectivity index (χ3v) is 1.15. The van der Waals surface area contributed by atoms with E-state index in [1.54, 1.807) is 0 Å². The molecule has 0 saturated heterocycles. The molecule has 0 fully saturated rings. The minimum Gasteiger partial charge on any atom is -0.469 e. The van der Waals surface area contributed by atoms with Gasteiger partial charge in [-0.15, -0.1) is 0 Å². The summed E-state index contributed by atoms with van der Waals surface area (Å²) in [5.41, 5.74) is 0.995. The van der Waals surface area contributed by atoms with Gasteiger partial charge in [0.05, 0.1) is 7.11 Å². The van der Waals surface area contributed by atoms with Gasteiger partial charge in [0, 0.05) is 6.42 Å². The molecule has 2 nitrogen and oxygen atoms in total. The Kier molecular flexibility index (Phi) is 5.17. The lowest BCUT2D eigenvalue weighted by Crippen LogP contribution is -1.97. The molecule has 0 radical (unpaired) electrons. The molecule has 0 aliphatic heterocycles. The SMILES string of the molecule is C=C(C)/C=C/CCC(=O)OC. The largest absolute Gasteiger partial charge is 0.469 e. The minimum absolute atomic E-state index is 0.170. The molecule has 0 heterocycles. The second kappa shape index (κ2) is 5.71. The smallest absolute Gasteiger partial charge is 0.305 e. The Hall–Kier alpha value is -1.05. The first-order valence-corrected chi connectivity index (χ1v) is 3.55.